The molecule has 0 spiro atoms. The van der Waals surface area contributed by atoms with Gasteiger partial charge in [-0.3, -0.25) is 4.79 Å². The molecular weight excluding hydrogens is 326 g/mol. The molecule has 0 atom stereocenters. The third-order valence-electron chi connectivity index (χ3n) is 4.66. The summed E-state index contributed by atoms with van der Waals surface area (Å²) in [6, 6.07) is 13.8. The van der Waals surface area contributed by atoms with Crippen LogP contribution in [0, 0.1) is 0 Å². The molecule has 0 heterocycles. The van der Waals surface area contributed by atoms with E-state index in [9.17, 15) is 13.2 Å². The van der Waals surface area contributed by atoms with Crippen molar-refractivity contribution in [3.63, 3.8) is 0 Å². The molecule has 1 amide bonds. The van der Waals surface area contributed by atoms with Crippen molar-refractivity contribution in [1.82, 2.24) is 5.32 Å². The Kier molecular flexibility index (Phi) is 4.49. The van der Waals surface area contributed by atoms with Crippen LogP contribution >= 0.6 is 0 Å². The van der Waals surface area contributed by atoms with Gasteiger partial charge in [0.05, 0.1) is 6.54 Å². The van der Waals surface area contributed by atoms with Crippen LogP contribution < -0.4 is 10.1 Å². The van der Waals surface area contributed by atoms with Crippen molar-refractivity contribution >= 4 is 26.5 Å². The highest BCUT2D eigenvalue weighted by molar-refractivity contribution is 7.93. The lowest BCUT2D eigenvalue weighted by Crippen LogP contribution is -2.57. The molecule has 1 N–H and O–H groups in total. The van der Waals surface area contributed by atoms with Gasteiger partial charge in [0.25, 0.3) is 0 Å². The Hall–Kier alpha value is -2.08. The number of sulfone groups is 1. The number of nitrogens with one attached hydrogen (secondary N) is 1. The van der Waals surface area contributed by atoms with Crippen LogP contribution in [0.3, 0.4) is 0 Å². The number of carbonyl (C=O) groups is 1. The maximum Gasteiger partial charge on any atom is 0.241 e. The van der Waals surface area contributed by atoms with Crippen LogP contribution in [0.4, 0.5) is 0 Å². The van der Waals surface area contributed by atoms with Crippen LogP contribution in [0.5, 0.6) is 5.75 Å². The second-order valence-electron chi connectivity index (χ2n) is 6.23. The van der Waals surface area contributed by atoms with Crippen molar-refractivity contribution in [3.8, 4) is 5.75 Å². The fourth-order valence-corrected chi connectivity index (χ4v) is 4.46. The summed E-state index contributed by atoms with van der Waals surface area (Å²) in [6.45, 7) is 0.576. The summed E-state index contributed by atoms with van der Waals surface area (Å²) in [5.74, 6) is 0.322. The Labute approximate surface area is 141 Å². The first-order chi connectivity index (χ1) is 11.4. The lowest BCUT2D eigenvalue weighted by Gasteiger charge is -2.38. The van der Waals surface area contributed by atoms with Crippen LogP contribution in [0.1, 0.15) is 19.3 Å². The van der Waals surface area contributed by atoms with E-state index >= 15 is 0 Å². The van der Waals surface area contributed by atoms with E-state index in [2.05, 4.69) is 5.32 Å². The molecule has 0 aliphatic heterocycles. The molecule has 0 aromatic heterocycles. The zero-order chi connectivity index (χ0) is 17.2. The number of benzene rings is 2. The van der Waals surface area contributed by atoms with E-state index < -0.39 is 20.5 Å². The van der Waals surface area contributed by atoms with Crippen LogP contribution in [-0.2, 0) is 14.6 Å². The average Bonchev–Trinajstić information content (AvgIpc) is 2.49. The van der Waals surface area contributed by atoms with Crippen molar-refractivity contribution in [2.45, 2.75) is 24.0 Å². The summed E-state index contributed by atoms with van der Waals surface area (Å²) >= 11 is 0. The van der Waals surface area contributed by atoms with Crippen LogP contribution in [-0.4, -0.2) is 38.5 Å². The standard InChI is InChI=1S/C18H21NO4S/c1-24(21,22)18(9-4-10-18)17(20)19-11-12-23-16-8-7-14-5-2-3-6-15(14)13-16/h2-3,5-8,13H,4,9-12H2,1H3,(H,19,20). The van der Waals surface area contributed by atoms with Gasteiger partial charge >= 0.3 is 0 Å². The number of hydrogen-bond donors (Lipinski definition) is 1. The van der Waals surface area contributed by atoms with E-state index in [1.54, 1.807) is 0 Å². The van der Waals surface area contributed by atoms with Gasteiger partial charge in [0.1, 0.15) is 17.1 Å². The van der Waals surface area contributed by atoms with E-state index in [1.165, 1.54) is 0 Å². The number of ether oxygens (including phenoxy) is 1. The summed E-state index contributed by atoms with van der Waals surface area (Å²) in [5, 5.41) is 4.92. The summed E-state index contributed by atoms with van der Waals surface area (Å²) in [4.78, 5) is 12.2. The van der Waals surface area contributed by atoms with Gasteiger partial charge in [0.2, 0.25) is 5.91 Å². The predicted molar refractivity (Wildman–Crippen MR) is 93.9 cm³/mol. The second kappa shape index (κ2) is 6.43. The van der Waals surface area contributed by atoms with Crippen LogP contribution in [0.15, 0.2) is 42.5 Å². The van der Waals surface area contributed by atoms with Crippen molar-refractivity contribution in [2.75, 3.05) is 19.4 Å². The molecule has 24 heavy (non-hydrogen) atoms. The summed E-state index contributed by atoms with van der Waals surface area (Å²) in [6.07, 6.45) is 2.72. The highest BCUT2D eigenvalue weighted by atomic mass is 32.2. The summed E-state index contributed by atoms with van der Waals surface area (Å²) in [5.41, 5.74) is 0. The first kappa shape index (κ1) is 16.8. The van der Waals surface area contributed by atoms with E-state index in [-0.39, 0.29) is 6.54 Å². The molecule has 1 fully saturated rings. The molecule has 3 rings (SSSR count). The third kappa shape index (κ3) is 3.11. The van der Waals surface area contributed by atoms with Gasteiger partial charge in [-0.1, -0.05) is 30.3 Å². The molecular formula is C18H21NO4S. The molecule has 2 aromatic carbocycles. The highest BCUT2D eigenvalue weighted by Crippen LogP contribution is 2.39. The van der Waals surface area contributed by atoms with Gasteiger partial charge in [-0.15, -0.1) is 0 Å². The minimum atomic E-state index is -3.39. The lowest BCUT2D eigenvalue weighted by atomic mass is 9.83. The molecule has 1 saturated carbocycles. The monoisotopic (exact) mass is 347 g/mol. The van der Waals surface area contributed by atoms with Crippen LogP contribution in [0.2, 0.25) is 0 Å². The van der Waals surface area contributed by atoms with E-state index in [0.717, 1.165) is 29.2 Å². The molecule has 5 nitrogen and oxygen atoms in total. The molecule has 0 saturated heterocycles. The number of carbonyl (C=O) groups excluding carboxylic acids is 1. The number of amides is 1. The first-order valence-corrected chi connectivity index (χ1v) is 9.91. The Morgan fingerprint density at radius 2 is 1.88 bits per heavy atom. The lowest BCUT2D eigenvalue weighted by molar-refractivity contribution is -0.125. The molecule has 1 aliphatic carbocycles. The van der Waals surface area contributed by atoms with Crippen LogP contribution in [0.25, 0.3) is 10.8 Å². The predicted octanol–water partition coefficient (Wildman–Crippen LogP) is 2.30. The summed E-state index contributed by atoms with van der Waals surface area (Å²) < 4.78 is 28.2. The van der Waals surface area contributed by atoms with Gasteiger partial charge in [-0.25, -0.2) is 8.42 Å². The van der Waals surface area contributed by atoms with Crippen molar-refractivity contribution in [2.24, 2.45) is 0 Å². The van der Waals surface area contributed by atoms with Gasteiger partial charge in [0, 0.05) is 6.26 Å². The maximum absolute atomic E-state index is 12.2. The average molecular weight is 347 g/mol. The Balaban J connectivity index is 1.54. The summed E-state index contributed by atoms with van der Waals surface area (Å²) in [7, 11) is -3.39. The maximum atomic E-state index is 12.2. The molecule has 1 aliphatic rings. The first-order valence-electron chi connectivity index (χ1n) is 8.02. The zero-order valence-electron chi connectivity index (χ0n) is 13.6. The molecule has 2 aromatic rings. The molecule has 0 bridgehead atoms. The van der Waals surface area contributed by atoms with Gasteiger partial charge in [-0.05, 0) is 42.2 Å². The Bertz CT molecular complexity index is 856. The number of fused-ring (bicyclic) bond motifs is 1. The van der Waals surface area contributed by atoms with Crippen molar-refractivity contribution in [3.05, 3.63) is 42.5 Å². The normalized spacial score (nSPS) is 16.4. The largest absolute Gasteiger partial charge is 0.492 e. The molecule has 6 heteroatoms. The SMILES string of the molecule is CS(=O)(=O)C1(C(=O)NCCOc2ccc3ccccc3c2)CCC1. The fourth-order valence-electron chi connectivity index (χ4n) is 3.02. The smallest absolute Gasteiger partial charge is 0.241 e. The highest BCUT2D eigenvalue weighted by Gasteiger charge is 2.52. The minimum Gasteiger partial charge on any atom is -0.492 e. The second-order valence-corrected chi connectivity index (χ2v) is 8.56. The third-order valence-corrected chi connectivity index (χ3v) is 6.68. The number of hydrogen-bond acceptors (Lipinski definition) is 4. The number of rotatable bonds is 6. The van der Waals surface area contributed by atoms with Crippen molar-refractivity contribution in [1.29, 1.82) is 0 Å². The van der Waals surface area contributed by atoms with E-state index in [4.69, 9.17) is 4.74 Å². The quantitative estimate of drug-likeness (QED) is 0.814. The van der Waals surface area contributed by atoms with E-state index in [1.807, 2.05) is 42.5 Å². The minimum absolute atomic E-state index is 0.281. The zero-order valence-corrected chi connectivity index (χ0v) is 14.4. The Morgan fingerprint density at radius 1 is 1.17 bits per heavy atom. The van der Waals surface area contributed by atoms with Gasteiger partial charge < -0.3 is 10.1 Å². The van der Waals surface area contributed by atoms with Gasteiger partial charge in [0.15, 0.2) is 9.84 Å². The molecule has 0 unspecified atom stereocenters. The topological polar surface area (TPSA) is 72.5 Å². The van der Waals surface area contributed by atoms with E-state index in [0.29, 0.717) is 19.4 Å². The Morgan fingerprint density at radius 3 is 2.50 bits per heavy atom. The molecule has 128 valence electrons. The fraction of sp³-hybridized carbons (Fsp3) is 0.389. The molecule has 0 radical (unpaired) electrons. The van der Waals surface area contributed by atoms with Gasteiger partial charge in [-0.2, -0.15) is 0 Å². The van der Waals surface area contributed by atoms with Crippen molar-refractivity contribution < 1.29 is 17.9 Å².